The molecule has 0 aliphatic heterocycles. The normalized spacial score (nSPS) is 12.0. The summed E-state index contributed by atoms with van der Waals surface area (Å²) in [5.41, 5.74) is 3.14. The van der Waals surface area contributed by atoms with Crippen molar-refractivity contribution < 1.29 is 16.8 Å². The molecule has 6 nitrogen and oxygen atoms in total. The molecule has 0 aliphatic carbocycles. The molecule has 2 aromatic carbocycles. The Bertz CT molecular complexity index is 1220. The molecule has 0 unspecified atom stereocenters. The third-order valence-electron chi connectivity index (χ3n) is 4.15. The smallest absolute Gasteiger partial charge is 0.271 e. The van der Waals surface area contributed by atoms with Crippen molar-refractivity contribution in [2.45, 2.75) is 29.9 Å². The lowest BCUT2D eigenvalue weighted by Crippen LogP contribution is -2.16. The molecule has 0 amide bonds. The second-order valence-electron chi connectivity index (χ2n) is 6.44. The minimum absolute atomic E-state index is 0.0260. The second kappa shape index (κ2) is 7.57. The van der Waals surface area contributed by atoms with Gasteiger partial charge >= 0.3 is 0 Å². The van der Waals surface area contributed by atoms with Gasteiger partial charge in [0.2, 0.25) is 0 Å². The van der Waals surface area contributed by atoms with E-state index in [4.69, 9.17) is 0 Å². The molecule has 0 aliphatic rings. The lowest BCUT2D eigenvalue weighted by atomic mass is 10.1. The van der Waals surface area contributed by atoms with Crippen LogP contribution in [0.5, 0.6) is 0 Å². The second-order valence-corrected chi connectivity index (χ2v) is 11.0. The van der Waals surface area contributed by atoms with E-state index < -0.39 is 20.0 Å². The number of benzene rings is 2. The van der Waals surface area contributed by atoms with Crippen LogP contribution in [0.2, 0.25) is 0 Å². The average molecular weight is 437 g/mol. The maximum Gasteiger partial charge on any atom is 0.271 e. The molecule has 0 fully saturated rings. The van der Waals surface area contributed by atoms with Crippen LogP contribution < -0.4 is 9.44 Å². The highest BCUT2D eigenvalue weighted by Crippen LogP contribution is 2.27. The first kappa shape index (κ1) is 20.4. The van der Waals surface area contributed by atoms with Gasteiger partial charge in [-0.15, -0.1) is 11.3 Å². The fraction of sp³-hybridized carbons (Fsp3) is 0.158. The summed E-state index contributed by atoms with van der Waals surface area (Å²) in [5, 5.41) is 1.66. The number of hydrogen-bond acceptors (Lipinski definition) is 5. The molecule has 1 heterocycles. The number of anilines is 2. The first-order valence-corrected chi connectivity index (χ1v) is 12.2. The average Bonchev–Trinajstić information content (AvgIpc) is 3.15. The predicted molar refractivity (Wildman–Crippen MR) is 113 cm³/mol. The van der Waals surface area contributed by atoms with E-state index in [1.165, 1.54) is 18.2 Å². The summed E-state index contributed by atoms with van der Waals surface area (Å²) in [6, 6.07) is 12.9. The summed E-state index contributed by atoms with van der Waals surface area (Å²) in [6.07, 6.45) is 0. The Morgan fingerprint density at radius 3 is 2.11 bits per heavy atom. The summed E-state index contributed by atoms with van der Waals surface area (Å²) in [7, 11) is -7.65. The fourth-order valence-corrected chi connectivity index (χ4v) is 5.89. The summed E-state index contributed by atoms with van der Waals surface area (Å²) < 4.78 is 55.8. The molecule has 0 bridgehead atoms. The van der Waals surface area contributed by atoms with Crippen molar-refractivity contribution in [3.05, 3.63) is 70.6 Å². The van der Waals surface area contributed by atoms with Crippen LogP contribution in [-0.4, -0.2) is 16.8 Å². The largest absolute Gasteiger partial charge is 0.279 e. The van der Waals surface area contributed by atoms with Crippen LogP contribution >= 0.6 is 11.3 Å². The Morgan fingerprint density at radius 2 is 1.46 bits per heavy atom. The van der Waals surface area contributed by atoms with E-state index in [-0.39, 0.29) is 14.8 Å². The van der Waals surface area contributed by atoms with Gasteiger partial charge in [0.25, 0.3) is 20.0 Å². The van der Waals surface area contributed by atoms with Crippen LogP contribution in [0.1, 0.15) is 16.7 Å². The van der Waals surface area contributed by atoms with Crippen LogP contribution in [-0.2, 0) is 20.0 Å². The van der Waals surface area contributed by atoms with E-state index in [1.807, 2.05) is 26.0 Å². The number of hydrogen-bond donors (Lipinski definition) is 2. The summed E-state index contributed by atoms with van der Waals surface area (Å²) in [6.45, 7) is 5.46. The monoisotopic (exact) mass is 436 g/mol. The Morgan fingerprint density at radius 1 is 0.750 bits per heavy atom. The van der Waals surface area contributed by atoms with Gasteiger partial charge in [0.1, 0.15) is 4.21 Å². The zero-order valence-electron chi connectivity index (χ0n) is 15.6. The number of rotatable bonds is 6. The van der Waals surface area contributed by atoms with E-state index in [0.29, 0.717) is 11.3 Å². The van der Waals surface area contributed by atoms with Crippen molar-refractivity contribution in [2.24, 2.45) is 0 Å². The molecule has 0 saturated carbocycles. The van der Waals surface area contributed by atoms with Crippen LogP contribution in [0.3, 0.4) is 0 Å². The Kier molecular flexibility index (Phi) is 5.51. The molecular formula is C19H20N2O4S3. The van der Waals surface area contributed by atoms with Crippen molar-refractivity contribution >= 4 is 42.8 Å². The quantitative estimate of drug-likeness (QED) is 0.603. The highest BCUT2D eigenvalue weighted by molar-refractivity contribution is 7.94. The first-order chi connectivity index (χ1) is 13.1. The van der Waals surface area contributed by atoms with Gasteiger partial charge in [0, 0.05) is 0 Å². The van der Waals surface area contributed by atoms with Crippen LogP contribution in [0.15, 0.2) is 63.0 Å². The van der Waals surface area contributed by atoms with Crippen LogP contribution in [0.4, 0.5) is 11.4 Å². The SMILES string of the molecule is Cc1ccc(NS(=O)(=O)c2ccc(C)c(NS(=O)(=O)c3cccs3)c2)c(C)c1. The van der Waals surface area contributed by atoms with E-state index in [0.717, 1.165) is 22.5 Å². The van der Waals surface area contributed by atoms with Crippen LogP contribution in [0.25, 0.3) is 0 Å². The van der Waals surface area contributed by atoms with Gasteiger partial charge in [-0.25, -0.2) is 16.8 Å². The third-order valence-corrected chi connectivity index (χ3v) is 8.28. The summed E-state index contributed by atoms with van der Waals surface area (Å²) in [4.78, 5) is -0.0260. The molecule has 9 heteroatoms. The van der Waals surface area contributed by atoms with Crippen molar-refractivity contribution in [1.82, 2.24) is 0 Å². The Balaban J connectivity index is 1.94. The molecule has 0 spiro atoms. The number of thiophene rings is 1. The van der Waals surface area contributed by atoms with Gasteiger partial charge < -0.3 is 0 Å². The van der Waals surface area contributed by atoms with Gasteiger partial charge in [-0.3, -0.25) is 9.44 Å². The standard InChI is InChI=1S/C19H20N2O4S3/c1-13-6-9-17(15(3)11-13)20-27(22,23)16-8-7-14(2)18(12-16)21-28(24,25)19-5-4-10-26-19/h4-12,20-21H,1-3H3. The van der Waals surface area contributed by atoms with Gasteiger partial charge in [-0.2, -0.15) is 0 Å². The minimum atomic E-state index is -3.88. The van der Waals surface area contributed by atoms with E-state index >= 15 is 0 Å². The molecule has 3 aromatic rings. The first-order valence-electron chi connectivity index (χ1n) is 8.35. The molecule has 148 valence electrons. The number of aryl methyl sites for hydroxylation is 3. The van der Waals surface area contributed by atoms with E-state index in [9.17, 15) is 16.8 Å². The van der Waals surface area contributed by atoms with Crippen molar-refractivity contribution in [3.63, 3.8) is 0 Å². The maximum atomic E-state index is 12.8. The molecule has 0 atom stereocenters. The van der Waals surface area contributed by atoms with Crippen LogP contribution in [0, 0.1) is 20.8 Å². The minimum Gasteiger partial charge on any atom is -0.279 e. The predicted octanol–water partition coefficient (Wildman–Crippen LogP) is 4.27. The van der Waals surface area contributed by atoms with E-state index in [2.05, 4.69) is 9.44 Å². The lowest BCUT2D eigenvalue weighted by Gasteiger charge is -2.14. The fourth-order valence-electron chi connectivity index (χ4n) is 2.62. The summed E-state index contributed by atoms with van der Waals surface area (Å²) in [5.74, 6) is 0. The summed E-state index contributed by atoms with van der Waals surface area (Å²) >= 11 is 1.09. The zero-order chi connectivity index (χ0) is 20.5. The lowest BCUT2D eigenvalue weighted by molar-refractivity contribution is 0.599. The van der Waals surface area contributed by atoms with Crippen molar-refractivity contribution in [3.8, 4) is 0 Å². The molecule has 0 radical (unpaired) electrons. The Labute approximate surface area is 169 Å². The van der Waals surface area contributed by atoms with Gasteiger partial charge in [0.15, 0.2) is 0 Å². The number of nitrogens with one attached hydrogen (secondary N) is 2. The highest BCUT2D eigenvalue weighted by Gasteiger charge is 2.20. The van der Waals surface area contributed by atoms with Gasteiger partial charge in [-0.05, 0) is 61.5 Å². The maximum absolute atomic E-state index is 12.8. The molecule has 28 heavy (non-hydrogen) atoms. The zero-order valence-corrected chi connectivity index (χ0v) is 18.0. The molecule has 3 rings (SSSR count). The highest BCUT2D eigenvalue weighted by atomic mass is 32.2. The van der Waals surface area contributed by atoms with Crippen molar-refractivity contribution in [1.29, 1.82) is 0 Å². The van der Waals surface area contributed by atoms with E-state index in [1.54, 1.807) is 30.5 Å². The molecular weight excluding hydrogens is 416 g/mol. The molecule has 1 aromatic heterocycles. The topological polar surface area (TPSA) is 92.3 Å². The van der Waals surface area contributed by atoms with Gasteiger partial charge in [-0.1, -0.05) is 29.8 Å². The Hall–Kier alpha value is -2.36. The number of sulfonamides is 2. The third kappa shape index (κ3) is 4.37. The van der Waals surface area contributed by atoms with Crippen molar-refractivity contribution in [2.75, 3.05) is 9.44 Å². The molecule has 0 saturated heterocycles. The van der Waals surface area contributed by atoms with Gasteiger partial charge in [0.05, 0.1) is 16.3 Å². The molecule has 2 N–H and O–H groups in total.